The lowest BCUT2D eigenvalue weighted by Gasteiger charge is -2.21. The highest BCUT2D eigenvalue weighted by atomic mass is 35.5. The lowest BCUT2D eigenvalue weighted by Crippen LogP contribution is -2.26. The first kappa shape index (κ1) is 12.3. The Hall–Kier alpha value is -1.20. The van der Waals surface area contributed by atoms with E-state index in [1.165, 1.54) is 12.4 Å². The highest BCUT2D eigenvalue weighted by Crippen LogP contribution is 2.13. The molecular formula is C11H13ClN2O3. The zero-order valence-corrected chi connectivity index (χ0v) is 10.0. The van der Waals surface area contributed by atoms with E-state index in [4.69, 9.17) is 21.1 Å². The molecule has 17 heavy (non-hydrogen) atoms. The molecule has 1 aromatic rings. The monoisotopic (exact) mass is 256 g/mol. The van der Waals surface area contributed by atoms with E-state index in [0.717, 1.165) is 25.9 Å². The fourth-order valence-corrected chi connectivity index (χ4v) is 1.77. The van der Waals surface area contributed by atoms with E-state index in [1.54, 1.807) is 0 Å². The molecule has 0 aromatic carbocycles. The van der Waals surface area contributed by atoms with Crippen LogP contribution in [0, 0.1) is 0 Å². The predicted molar refractivity (Wildman–Crippen MR) is 60.9 cm³/mol. The van der Waals surface area contributed by atoms with Crippen LogP contribution in [0.1, 0.15) is 29.8 Å². The quantitative estimate of drug-likeness (QED) is 0.773. The maximum atomic E-state index is 11.6. The van der Waals surface area contributed by atoms with Crippen LogP contribution >= 0.6 is 11.6 Å². The summed E-state index contributed by atoms with van der Waals surface area (Å²) in [7, 11) is 0. The van der Waals surface area contributed by atoms with Crippen LogP contribution in [0.15, 0.2) is 12.4 Å². The number of esters is 1. The van der Waals surface area contributed by atoms with Gasteiger partial charge in [0.15, 0.2) is 5.69 Å². The summed E-state index contributed by atoms with van der Waals surface area (Å²) in [6.07, 6.45) is 5.80. The Balaban J connectivity index is 1.84. The molecule has 0 bridgehead atoms. The minimum absolute atomic E-state index is 0.000145. The summed E-state index contributed by atoms with van der Waals surface area (Å²) < 4.78 is 10.5. The number of halogens is 1. The van der Waals surface area contributed by atoms with Crippen molar-refractivity contribution in [2.45, 2.75) is 25.4 Å². The van der Waals surface area contributed by atoms with Gasteiger partial charge in [-0.2, -0.15) is 0 Å². The van der Waals surface area contributed by atoms with Crippen LogP contribution in [0.25, 0.3) is 0 Å². The molecule has 0 spiro atoms. The molecule has 1 aromatic heterocycles. The van der Waals surface area contributed by atoms with Crippen molar-refractivity contribution >= 4 is 17.6 Å². The molecule has 0 saturated carbocycles. The minimum Gasteiger partial charge on any atom is -0.458 e. The average molecular weight is 257 g/mol. The Morgan fingerprint density at radius 3 is 3.12 bits per heavy atom. The van der Waals surface area contributed by atoms with Crippen molar-refractivity contribution in [3.8, 4) is 0 Å². The van der Waals surface area contributed by atoms with Gasteiger partial charge >= 0.3 is 5.97 Å². The first-order valence-corrected chi connectivity index (χ1v) is 5.90. The third-order valence-electron chi connectivity index (χ3n) is 2.49. The molecule has 2 heterocycles. The SMILES string of the molecule is O=C(OCC1CCCCO1)c1cncc(Cl)n1. The van der Waals surface area contributed by atoms with Gasteiger partial charge in [0.25, 0.3) is 0 Å². The van der Waals surface area contributed by atoms with Crippen molar-refractivity contribution < 1.29 is 14.3 Å². The van der Waals surface area contributed by atoms with Crippen LogP contribution in [-0.4, -0.2) is 35.3 Å². The number of hydrogen-bond acceptors (Lipinski definition) is 5. The van der Waals surface area contributed by atoms with Crippen LogP contribution in [-0.2, 0) is 9.47 Å². The summed E-state index contributed by atoms with van der Waals surface area (Å²) in [5.74, 6) is -0.519. The number of rotatable bonds is 3. The van der Waals surface area contributed by atoms with Gasteiger partial charge in [-0.15, -0.1) is 0 Å². The molecule has 0 N–H and O–H groups in total. The number of aromatic nitrogens is 2. The second-order valence-electron chi connectivity index (χ2n) is 3.81. The Morgan fingerprint density at radius 2 is 2.41 bits per heavy atom. The van der Waals surface area contributed by atoms with Crippen molar-refractivity contribution in [3.63, 3.8) is 0 Å². The Labute approximate surface area is 104 Å². The topological polar surface area (TPSA) is 61.3 Å². The van der Waals surface area contributed by atoms with E-state index in [0.29, 0.717) is 0 Å². The van der Waals surface area contributed by atoms with Gasteiger partial charge in [0, 0.05) is 6.61 Å². The number of hydrogen-bond donors (Lipinski definition) is 0. The average Bonchev–Trinajstić information content (AvgIpc) is 2.37. The van der Waals surface area contributed by atoms with E-state index >= 15 is 0 Å². The van der Waals surface area contributed by atoms with Gasteiger partial charge in [0.05, 0.1) is 18.5 Å². The van der Waals surface area contributed by atoms with Crippen LogP contribution in [0.4, 0.5) is 0 Å². The molecule has 1 atom stereocenters. The van der Waals surface area contributed by atoms with Crippen LogP contribution in [0.2, 0.25) is 5.15 Å². The van der Waals surface area contributed by atoms with Crippen molar-refractivity contribution in [2.24, 2.45) is 0 Å². The highest BCUT2D eigenvalue weighted by molar-refractivity contribution is 6.29. The molecule has 5 nitrogen and oxygen atoms in total. The summed E-state index contributed by atoms with van der Waals surface area (Å²) in [6.45, 7) is 0.992. The molecule has 1 fully saturated rings. The maximum Gasteiger partial charge on any atom is 0.358 e. The lowest BCUT2D eigenvalue weighted by atomic mass is 10.1. The maximum absolute atomic E-state index is 11.6. The van der Waals surface area contributed by atoms with Gasteiger partial charge in [-0.1, -0.05) is 11.6 Å². The van der Waals surface area contributed by atoms with Crippen molar-refractivity contribution in [2.75, 3.05) is 13.2 Å². The molecule has 0 radical (unpaired) electrons. The number of carbonyl (C=O) groups excluding carboxylic acids is 1. The molecule has 6 heteroatoms. The second kappa shape index (κ2) is 5.93. The van der Waals surface area contributed by atoms with E-state index < -0.39 is 5.97 Å². The summed E-state index contributed by atoms with van der Waals surface area (Å²) in [6, 6.07) is 0. The molecule has 1 unspecified atom stereocenters. The molecule has 92 valence electrons. The third-order valence-corrected chi connectivity index (χ3v) is 2.67. The van der Waals surface area contributed by atoms with Gasteiger partial charge in [-0.25, -0.2) is 9.78 Å². The van der Waals surface area contributed by atoms with Crippen LogP contribution < -0.4 is 0 Å². The van der Waals surface area contributed by atoms with Gasteiger partial charge in [-0.3, -0.25) is 4.98 Å². The highest BCUT2D eigenvalue weighted by Gasteiger charge is 2.17. The smallest absolute Gasteiger partial charge is 0.358 e. The summed E-state index contributed by atoms with van der Waals surface area (Å²) in [5, 5.41) is 0.174. The van der Waals surface area contributed by atoms with Crippen molar-refractivity contribution in [1.82, 2.24) is 9.97 Å². The molecule has 1 aliphatic rings. The standard InChI is InChI=1S/C11H13ClN2O3/c12-10-6-13-5-9(14-10)11(15)17-7-8-3-1-2-4-16-8/h5-6,8H,1-4,7H2. The van der Waals surface area contributed by atoms with E-state index in [1.807, 2.05) is 0 Å². The Bertz CT molecular complexity index is 394. The summed E-state index contributed by atoms with van der Waals surface area (Å²) in [5.41, 5.74) is 0.119. The summed E-state index contributed by atoms with van der Waals surface area (Å²) in [4.78, 5) is 19.2. The number of ether oxygens (including phenoxy) is 2. The molecular weight excluding hydrogens is 244 g/mol. The van der Waals surface area contributed by atoms with Crippen molar-refractivity contribution in [3.05, 3.63) is 23.2 Å². The van der Waals surface area contributed by atoms with Crippen molar-refractivity contribution in [1.29, 1.82) is 0 Å². The molecule has 0 amide bonds. The molecule has 0 aliphatic carbocycles. The predicted octanol–water partition coefficient (Wildman–Crippen LogP) is 1.86. The zero-order chi connectivity index (χ0) is 12.1. The normalized spacial score (nSPS) is 19.9. The van der Waals surface area contributed by atoms with Gasteiger partial charge in [0.1, 0.15) is 11.8 Å². The first-order chi connectivity index (χ1) is 8.25. The van der Waals surface area contributed by atoms with Crippen LogP contribution in [0.5, 0.6) is 0 Å². The lowest BCUT2D eigenvalue weighted by molar-refractivity contribution is -0.0302. The number of nitrogens with zero attached hydrogens (tertiary/aromatic N) is 2. The fraction of sp³-hybridized carbons (Fsp3) is 0.545. The van der Waals surface area contributed by atoms with Gasteiger partial charge < -0.3 is 9.47 Å². The first-order valence-electron chi connectivity index (χ1n) is 5.52. The Morgan fingerprint density at radius 1 is 1.53 bits per heavy atom. The fourth-order valence-electron chi connectivity index (χ4n) is 1.62. The largest absolute Gasteiger partial charge is 0.458 e. The molecule has 1 aliphatic heterocycles. The summed E-state index contributed by atoms with van der Waals surface area (Å²) >= 11 is 5.63. The van der Waals surface area contributed by atoms with E-state index in [9.17, 15) is 4.79 Å². The van der Waals surface area contributed by atoms with Gasteiger partial charge in [0.2, 0.25) is 0 Å². The van der Waals surface area contributed by atoms with Gasteiger partial charge in [-0.05, 0) is 19.3 Å². The molecule has 2 rings (SSSR count). The Kier molecular flexibility index (Phi) is 4.28. The zero-order valence-electron chi connectivity index (χ0n) is 9.26. The second-order valence-corrected chi connectivity index (χ2v) is 4.20. The van der Waals surface area contributed by atoms with Crippen LogP contribution in [0.3, 0.4) is 0 Å². The molecule has 1 saturated heterocycles. The minimum atomic E-state index is -0.519. The number of carbonyl (C=O) groups is 1. The van der Waals surface area contributed by atoms with E-state index in [-0.39, 0.29) is 23.6 Å². The third kappa shape index (κ3) is 3.64. The van der Waals surface area contributed by atoms with E-state index in [2.05, 4.69) is 9.97 Å².